The highest BCUT2D eigenvalue weighted by molar-refractivity contribution is 6.05. The van der Waals surface area contributed by atoms with Gasteiger partial charge in [-0.05, 0) is 36.8 Å². The molecule has 0 fully saturated rings. The smallest absolute Gasteiger partial charge is 0.287 e. The number of fused-ring (bicyclic) bond motifs is 1. The summed E-state index contributed by atoms with van der Waals surface area (Å²) in [5.41, 5.74) is 3.04. The molecule has 0 aliphatic carbocycles. The van der Waals surface area contributed by atoms with Crippen LogP contribution >= 0.6 is 0 Å². The van der Waals surface area contributed by atoms with Crippen molar-refractivity contribution in [2.24, 2.45) is 0 Å². The number of para-hydroxylation sites is 1. The summed E-state index contributed by atoms with van der Waals surface area (Å²) < 4.78 is 1.88. The van der Waals surface area contributed by atoms with Crippen molar-refractivity contribution in [1.82, 2.24) is 14.9 Å². The first kappa shape index (κ1) is 18.9. The van der Waals surface area contributed by atoms with E-state index in [1.165, 1.54) is 0 Å². The molecule has 1 aromatic carbocycles. The number of rotatable bonds is 6. The summed E-state index contributed by atoms with van der Waals surface area (Å²) >= 11 is 0. The van der Waals surface area contributed by atoms with E-state index < -0.39 is 0 Å². The number of hydrogen-bond acceptors (Lipinski definition) is 3. The van der Waals surface area contributed by atoms with Gasteiger partial charge in [0.2, 0.25) is 0 Å². The summed E-state index contributed by atoms with van der Waals surface area (Å²) in [4.78, 5) is 29.8. The molecule has 1 aromatic heterocycles. The fourth-order valence-corrected chi connectivity index (χ4v) is 3.44. The van der Waals surface area contributed by atoms with Gasteiger partial charge in [-0.2, -0.15) is 0 Å². The summed E-state index contributed by atoms with van der Waals surface area (Å²) in [6.07, 6.45) is 4.33. The second-order valence-electron chi connectivity index (χ2n) is 7.03. The lowest BCUT2D eigenvalue weighted by Crippen LogP contribution is -2.28. The van der Waals surface area contributed by atoms with Gasteiger partial charge < -0.3 is 15.2 Å². The minimum absolute atomic E-state index is 0.267. The Labute approximate surface area is 159 Å². The van der Waals surface area contributed by atoms with Crippen LogP contribution in [-0.4, -0.2) is 27.9 Å². The molecular formula is C21H26N4O2. The number of imidazole rings is 1. The van der Waals surface area contributed by atoms with E-state index in [4.69, 9.17) is 0 Å². The first-order valence-electron chi connectivity index (χ1n) is 9.41. The summed E-state index contributed by atoms with van der Waals surface area (Å²) in [5.74, 6) is 0.0442. The van der Waals surface area contributed by atoms with E-state index in [2.05, 4.69) is 36.0 Å². The van der Waals surface area contributed by atoms with Crippen LogP contribution in [0.1, 0.15) is 65.0 Å². The average molecular weight is 366 g/mol. The van der Waals surface area contributed by atoms with Crippen LogP contribution in [0.15, 0.2) is 36.9 Å². The van der Waals surface area contributed by atoms with Crippen LogP contribution in [0.4, 0.5) is 5.69 Å². The standard InChI is InChI=1S/C21H26N4O2/c1-4-12-22-21(27)19-24-18(17-11-7-8-13-25(17)19)20(26)23-16-10-6-5-9-15(16)14(2)3/h4-6,9-10,14H,1,7-8,11-13H2,2-3H3,(H,22,27)(H,23,26). The molecule has 1 aliphatic heterocycles. The molecule has 0 bridgehead atoms. The van der Waals surface area contributed by atoms with E-state index in [1.54, 1.807) is 6.08 Å². The molecule has 0 saturated heterocycles. The van der Waals surface area contributed by atoms with Gasteiger partial charge in [0.05, 0.1) is 5.69 Å². The van der Waals surface area contributed by atoms with Gasteiger partial charge in [0.25, 0.3) is 11.8 Å². The summed E-state index contributed by atoms with van der Waals surface area (Å²) in [5, 5.41) is 5.74. The lowest BCUT2D eigenvalue weighted by molar-refractivity contribution is 0.0942. The molecule has 27 heavy (non-hydrogen) atoms. The van der Waals surface area contributed by atoms with Gasteiger partial charge in [0.1, 0.15) is 0 Å². The quantitative estimate of drug-likeness (QED) is 0.768. The Hall–Kier alpha value is -2.89. The summed E-state index contributed by atoms with van der Waals surface area (Å²) in [6, 6.07) is 7.77. The molecule has 2 amide bonds. The fraction of sp³-hybridized carbons (Fsp3) is 0.381. The highest BCUT2D eigenvalue weighted by Gasteiger charge is 2.27. The molecule has 3 rings (SSSR count). The number of nitrogens with zero attached hydrogens (tertiary/aromatic N) is 2. The molecule has 2 heterocycles. The zero-order valence-corrected chi connectivity index (χ0v) is 15.9. The molecule has 0 unspecified atom stereocenters. The Bertz CT molecular complexity index is 867. The number of carbonyl (C=O) groups excluding carboxylic acids is 2. The van der Waals surface area contributed by atoms with Crippen molar-refractivity contribution >= 4 is 17.5 Å². The zero-order valence-electron chi connectivity index (χ0n) is 15.9. The maximum Gasteiger partial charge on any atom is 0.287 e. The minimum atomic E-state index is -0.278. The van der Waals surface area contributed by atoms with E-state index in [-0.39, 0.29) is 17.7 Å². The number of carbonyl (C=O) groups is 2. The Morgan fingerprint density at radius 1 is 1.26 bits per heavy atom. The Balaban J connectivity index is 1.92. The van der Waals surface area contributed by atoms with Gasteiger partial charge in [0.15, 0.2) is 11.5 Å². The third-order valence-corrected chi connectivity index (χ3v) is 4.77. The van der Waals surface area contributed by atoms with Crippen LogP contribution in [-0.2, 0) is 13.0 Å². The second kappa shape index (κ2) is 8.20. The monoisotopic (exact) mass is 366 g/mol. The molecular weight excluding hydrogens is 340 g/mol. The maximum atomic E-state index is 13.0. The number of anilines is 1. The topological polar surface area (TPSA) is 76.0 Å². The van der Waals surface area contributed by atoms with Gasteiger partial charge in [-0.1, -0.05) is 38.1 Å². The van der Waals surface area contributed by atoms with E-state index in [1.807, 2.05) is 28.8 Å². The molecule has 2 aromatic rings. The van der Waals surface area contributed by atoms with Crippen LogP contribution in [0.3, 0.4) is 0 Å². The third kappa shape index (κ3) is 3.94. The Kier molecular flexibility index (Phi) is 5.74. The molecule has 1 aliphatic rings. The summed E-state index contributed by atoms with van der Waals surface area (Å²) in [7, 11) is 0. The van der Waals surface area contributed by atoms with E-state index in [0.717, 1.165) is 36.2 Å². The number of aromatic nitrogens is 2. The largest absolute Gasteiger partial charge is 0.346 e. The maximum absolute atomic E-state index is 13.0. The molecule has 0 saturated carbocycles. The van der Waals surface area contributed by atoms with Crippen molar-refractivity contribution < 1.29 is 9.59 Å². The second-order valence-corrected chi connectivity index (χ2v) is 7.03. The van der Waals surface area contributed by atoms with Gasteiger partial charge in [-0.15, -0.1) is 6.58 Å². The predicted molar refractivity (Wildman–Crippen MR) is 106 cm³/mol. The lowest BCUT2D eigenvalue weighted by atomic mass is 10.0. The third-order valence-electron chi connectivity index (χ3n) is 4.77. The van der Waals surface area contributed by atoms with Crippen molar-refractivity contribution in [2.45, 2.75) is 45.6 Å². The highest BCUT2D eigenvalue weighted by Crippen LogP contribution is 2.26. The van der Waals surface area contributed by atoms with Gasteiger partial charge in [-0.3, -0.25) is 9.59 Å². The Morgan fingerprint density at radius 2 is 2.04 bits per heavy atom. The molecule has 0 atom stereocenters. The van der Waals surface area contributed by atoms with Crippen molar-refractivity contribution in [1.29, 1.82) is 0 Å². The zero-order chi connectivity index (χ0) is 19.4. The average Bonchev–Trinajstić information content (AvgIpc) is 3.06. The highest BCUT2D eigenvalue weighted by atomic mass is 16.2. The number of nitrogens with one attached hydrogen (secondary N) is 2. The first-order chi connectivity index (χ1) is 13.0. The van der Waals surface area contributed by atoms with Crippen LogP contribution in [0.25, 0.3) is 0 Å². The molecule has 0 spiro atoms. The molecule has 142 valence electrons. The van der Waals surface area contributed by atoms with Crippen molar-refractivity contribution in [3.63, 3.8) is 0 Å². The fourth-order valence-electron chi connectivity index (χ4n) is 3.44. The first-order valence-corrected chi connectivity index (χ1v) is 9.41. The van der Waals surface area contributed by atoms with Crippen LogP contribution in [0.2, 0.25) is 0 Å². The predicted octanol–water partition coefficient (Wildman–Crippen LogP) is 3.51. The van der Waals surface area contributed by atoms with E-state index in [9.17, 15) is 9.59 Å². The molecule has 2 N–H and O–H groups in total. The number of benzene rings is 1. The number of hydrogen-bond donors (Lipinski definition) is 2. The van der Waals surface area contributed by atoms with E-state index >= 15 is 0 Å². The van der Waals surface area contributed by atoms with Crippen LogP contribution in [0, 0.1) is 0 Å². The molecule has 6 nitrogen and oxygen atoms in total. The van der Waals surface area contributed by atoms with Gasteiger partial charge in [0, 0.05) is 18.8 Å². The summed E-state index contributed by atoms with van der Waals surface area (Å²) in [6.45, 7) is 8.86. The Morgan fingerprint density at radius 3 is 2.78 bits per heavy atom. The SMILES string of the molecule is C=CCNC(=O)c1nc(C(=O)Nc2ccccc2C(C)C)c2n1CCCC2. The minimum Gasteiger partial charge on any atom is -0.346 e. The van der Waals surface area contributed by atoms with Gasteiger partial charge >= 0.3 is 0 Å². The molecule has 6 heteroatoms. The number of amides is 2. The van der Waals surface area contributed by atoms with E-state index in [0.29, 0.717) is 24.6 Å². The lowest BCUT2D eigenvalue weighted by Gasteiger charge is -2.17. The van der Waals surface area contributed by atoms with Crippen LogP contribution in [0.5, 0.6) is 0 Å². The van der Waals surface area contributed by atoms with Crippen molar-refractivity contribution in [2.75, 3.05) is 11.9 Å². The van der Waals surface area contributed by atoms with Gasteiger partial charge in [-0.25, -0.2) is 4.98 Å². The molecule has 0 radical (unpaired) electrons. The van der Waals surface area contributed by atoms with Crippen molar-refractivity contribution in [3.05, 3.63) is 59.7 Å². The van der Waals surface area contributed by atoms with Crippen molar-refractivity contribution in [3.8, 4) is 0 Å². The van der Waals surface area contributed by atoms with Crippen LogP contribution < -0.4 is 10.6 Å². The normalized spacial score (nSPS) is 13.1.